The lowest BCUT2D eigenvalue weighted by molar-refractivity contribution is -0.140. The van der Waals surface area contributed by atoms with Crippen LogP contribution in [-0.4, -0.2) is 42.8 Å². The van der Waals surface area contributed by atoms with E-state index in [1.807, 2.05) is 27.0 Å². The van der Waals surface area contributed by atoms with Crippen molar-refractivity contribution in [3.05, 3.63) is 11.9 Å². The molecule has 1 amide bonds. The fourth-order valence-corrected chi connectivity index (χ4v) is 2.23. The van der Waals surface area contributed by atoms with E-state index < -0.39 is 5.60 Å². The first kappa shape index (κ1) is 19.3. The van der Waals surface area contributed by atoms with Gasteiger partial charge in [-0.2, -0.15) is 0 Å². The summed E-state index contributed by atoms with van der Waals surface area (Å²) in [6, 6.07) is 0. The van der Waals surface area contributed by atoms with Gasteiger partial charge in [-0.25, -0.2) is 4.79 Å². The topological polar surface area (TPSA) is 67.9 Å². The van der Waals surface area contributed by atoms with E-state index in [9.17, 15) is 9.59 Å². The van der Waals surface area contributed by atoms with Crippen LogP contribution in [0.25, 0.3) is 0 Å². The van der Waals surface area contributed by atoms with E-state index in [0.717, 1.165) is 31.5 Å². The lowest BCUT2D eigenvalue weighted by Crippen LogP contribution is -2.37. The predicted molar refractivity (Wildman–Crippen MR) is 88.7 cm³/mol. The van der Waals surface area contributed by atoms with Gasteiger partial charge in [-0.3, -0.25) is 9.69 Å². The standard InChI is InChI=1S/C17H30N2O4/c1-13(8-9-15(20)22-5)11-18-14-7-6-10-19(12-14)16(21)23-17(2,3)4/h12-13,18H,6-11H2,1-5H3. The van der Waals surface area contributed by atoms with E-state index in [1.54, 1.807) is 4.90 Å². The van der Waals surface area contributed by atoms with Gasteiger partial charge in [0.2, 0.25) is 0 Å². The number of esters is 1. The van der Waals surface area contributed by atoms with Gasteiger partial charge in [0.1, 0.15) is 5.60 Å². The first-order chi connectivity index (χ1) is 10.7. The molecule has 1 rings (SSSR count). The van der Waals surface area contributed by atoms with Crippen molar-refractivity contribution < 1.29 is 19.1 Å². The summed E-state index contributed by atoms with van der Waals surface area (Å²) >= 11 is 0. The minimum atomic E-state index is -0.488. The summed E-state index contributed by atoms with van der Waals surface area (Å²) in [5, 5.41) is 3.37. The van der Waals surface area contributed by atoms with E-state index in [2.05, 4.69) is 17.0 Å². The number of nitrogens with zero attached hydrogens (tertiary/aromatic N) is 1. The number of hydrogen-bond donors (Lipinski definition) is 1. The van der Waals surface area contributed by atoms with Gasteiger partial charge in [0.25, 0.3) is 0 Å². The molecule has 0 saturated carbocycles. The van der Waals surface area contributed by atoms with E-state index in [4.69, 9.17) is 4.74 Å². The fraction of sp³-hybridized carbons (Fsp3) is 0.765. The van der Waals surface area contributed by atoms with Crippen LogP contribution in [0, 0.1) is 5.92 Å². The Labute approximate surface area is 139 Å². The molecular weight excluding hydrogens is 296 g/mol. The van der Waals surface area contributed by atoms with Crippen LogP contribution in [0.1, 0.15) is 53.4 Å². The van der Waals surface area contributed by atoms with E-state index in [-0.39, 0.29) is 12.1 Å². The highest BCUT2D eigenvalue weighted by Crippen LogP contribution is 2.17. The van der Waals surface area contributed by atoms with Gasteiger partial charge in [-0.1, -0.05) is 6.92 Å². The highest BCUT2D eigenvalue weighted by molar-refractivity contribution is 5.69. The molecule has 1 unspecified atom stereocenters. The molecule has 0 fully saturated rings. The van der Waals surface area contributed by atoms with E-state index in [0.29, 0.717) is 18.9 Å². The molecule has 0 saturated heterocycles. The largest absolute Gasteiger partial charge is 0.469 e. The Balaban J connectivity index is 2.44. The molecule has 23 heavy (non-hydrogen) atoms. The number of hydrogen-bond acceptors (Lipinski definition) is 5. The summed E-state index contributed by atoms with van der Waals surface area (Å²) < 4.78 is 10.0. The van der Waals surface area contributed by atoms with Crippen LogP contribution in [0.2, 0.25) is 0 Å². The summed E-state index contributed by atoms with van der Waals surface area (Å²) in [7, 11) is 1.41. The van der Waals surface area contributed by atoms with Gasteiger partial charge < -0.3 is 14.8 Å². The third-order valence-corrected chi connectivity index (χ3v) is 3.53. The maximum atomic E-state index is 12.1. The third-order valence-electron chi connectivity index (χ3n) is 3.53. The molecule has 0 radical (unpaired) electrons. The van der Waals surface area contributed by atoms with Crippen LogP contribution in [0.5, 0.6) is 0 Å². The molecule has 1 aliphatic rings. The maximum Gasteiger partial charge on any atom is 0.414 e. The molecule has 0 bridgehead atoms. The van der Waals surface area contributed by atoms with Crippen molar-refractivity contribution in [2.75, 3.05) is 20.2 Å². The molecule has 1 heterocycles. The lowest BCUT2D eigenvalue weighted by Gasteiger charge is -2.29. The number of amides is 1. The fourth-order valence-electron chi connectivity index (χ4n) is 2.23. The van der Waals surface area contributed by atoms with Crippen molar-refractivity contribution in [2.45, 2.75) is 59.0 Å². The van der Waals surface area contributed by atoms with Crippen LogP contribution in [-0.2, 0) is 14.3 Å². The molecular formula is C17H30N2O4. The van der Waals surface area contributed by atoms with Gasteiger partial charge in [0, 0.05) is 31.4 Å². The van der Waals surface area contributed by atoms with Gasteiger partial charge in [-0.05, 0) is 46.0 Å². The second-order valence-electron chi connectivity index (χ2n) is 7.03. The molecule has 6 nitrogen and oxygen atoms in total. The number of methoxy groups -OCH3 is 1. The van der Waals surface area contributed by atoms with Gasteiger partial charge >= 0.3 is 12.1 Å². The summed E-state index contributed by atoms with van der Waals surface area (Å²) in [5.41, 5.74) is 0.547. The zero-order valence-electron chi connectivity index (χ0n) is 15.0. The third kappa shape index (κ3) is 7.90. The first-order valence-corrected chi connectivity index (χ1v) is 8.22. The van der Waals surface area contributed by atoms with Crippen molar-refractivity contribution in [1.29, 1.82) is 0 Å². The predicted octanol–water partition coefficient (Wildman–Crippen LogP) is 3.04. The van der Waals surface area contributed by atoms with Crippen LogP contribution in [0.15, 0.2) is 11.9 Å². The SMILES string of the molecule is COC(=O)CCC(C)CNC1=CN(C(=O)OC(C)(C)C)CCC1. The number of ether oxygens (including phenoxy) is 2. The Bertz CT molecular complexity index is 440. The Morgan fingerprint density at radius 1 is 1.39 bits per heavy atom. The average molecular weight is 326 g/mol. The van der Waals surface area contributed by atoms with Crippen molar-refractivity contribution in [3.63, 3.8) is 0 Å². The molecule has 6 heteroatoms. The summed E-state index contributed by atoms with van der Waals surface area (Å²) in [6.07, 6.45) is 4.57. The first-order valence-electron chi connectivity index (χ1n) is 8.22. The molecule has 0 aromatic carbocycles. The zero-order chi connectivity index (χ0) is 17.5. The van der Waals surface area contributed by atoms with Gasteiger partial charge in [-0.15, -0.1) is 0 Å². The van der Waals surface area contributed by atoms with Crippen LogP contribution < -0.4 is 5.32 Å². The van der Waals surface area contributed by atoms with Crippen molar-refractivity contribution >= 4 is 12.1 Å². The molecule has 1 atom stereocenters. The number of carbonyl (C=O) groups is 2. The molecule has 1 aliphatic heterocycles. The van der Waals surface area contributed by atoms with Crippen molar-refractivity contribution in [1.82, 2.24) is 10.2 Å². The summed E-state index contributed by atoms with van der Waals surface area (Å²) in [4.78, 5) is 24.9. The smallest absolute Gasteiger partial charge is 0.414 e. The summed E-state index contributed by atoms with van der Waals surface area (Å²) in [6.45, 7) is 9.12. The molecule has 0 aliphatic carbocycles. The number of allylic oxidation sites excluding steroid dienone is 1. The van der Waals surface area contributed by atoms with Gasteiger partial charge in [0.05, 0.1) is 7.11 Å². The highest BCUT2D eigenvalue weighted by atomic mass is 16.6. The molecule has 0 aromatic heterocycles. The normalized spacial score (nSPS) is 16.4. The van der Waals surface area contributed by atoms with E-state index >= 15 is 0 Å². The van der Waals surface area contributed by atoms with Crippen molar-refractivity contribution in [2.24, 2.45) is 5.92 Å². The highest BCUT2D eigenvalue weighted by Gasteiger charge is 2.23. The Morgan fingerprint density at radius 3 is 2.70 bits per heavy atom. The van der Waals surface area contributed by atoms with Crippen molar-refractivity contribution in [3.8, 4) is 0 Å². The Hall–Kier alpha value is -1.72. The van der Waals surface area contributed by atoms with E-state index in [1.165, 1.54) is 7.11 Å². The molecule has 0 aromatic rings. The van der Waals surface area contributed by atoms with Crippen LogP contribution >= 0.6 is 0 Å². The summed E-state index contributed by atoms with van der Waals surface area (Å²) in [5.74, 6) is 0.178. The molecule has 1 N–H and O–H groups in total. The second kappa shape index (κ2) is 8.79. The Morgan fingerprint density at radius 2 is 2.09 bits per heavy atom. The zero-order valence-corrected chi connectivity index (χ0v) is 15.0. The lowest BCUT2D eigenvalue weighted by atomic mass is 10.1. The number of carbonyl (C=O) groups excluding carboxylic acids is 2. The van der Waals surface area contributed by atoms with Gasteiger partial charge in [0.15, 0.2) is 0 Å². The monoisotopic (exact) mass is 326 g/mol. The minimum Gasteiger partial charge on any atom is -0.469 e. The second-order valence-corrected chi connectivity index (χ2v) is 7.03. The Kier molecular flexibility index (Phi) is 7.39. The maximum absolute atomic E-state index is 12.1. The van der Waals surface area contributed by atoms with Crippen LogP contribution in [0.3, 0.4) is 0 Å². The quantitative estimate of drug-likeness (QED) is 0.760. The number of nitrogens with one attached hydrogen (secondary N) is 1. The molecule has 132 valence electrons. The molecule has 0 spiro atoms. The van der Waals surface area contributed by atoms with Crippen LogP contribution in [0.4, 0.5) is 4.79 Å². The average Bonchev–Trinajstić information content (AvgIpc) is 2.49. The number of rotatable bonds is 6. The minimum absolute atomic E-state index is 0.176.